The molecule has 0 fully saturated rings. The van der Waals surface area contributed by atoms with E-state index >= 15 is 0 Å². The van der Waals surface area contributed by atoms with Gasteiger partial charge in [0.15, 0.2) is 5.78 Å². The van der Waals surface area contributed by atoms with E-state index < -0.39 is 0 Å². The lowest BCUT2D eigenvalue weighted by Gasteiger charge is -1.96. The molecule has 12 heavy (non-hydrogen) atoms. The third-order valence-electron chi connectivity index (χ3n) is 1.71. The predicted molar refractivity (Wildman–Crippen MR) is 48.1 cm³/mol. The van der Waals surface area contributed by atoms with Crippen LogP contribution >= 0.6 is 0 Å². The van der Waals surface area contributed by atoms with Gasteiger partial charge >= 0.3 is 0 Å². The predicted octanol–water partition coefficient (Wildman–Crippen LogP) is 2.45. The van der Waals surface area contributed by atoms with Crippen LogP contribution in [0, 0.1) is 0 Å². The number of hydrogen-bond donors (Lipinski definition) is 0. The number of ketones is 1. The maximum atomic E-state index is 11.3. The molecule has 0 N–H and O–H groups in total. The largest absolute Gasteiger partial charge is 0.292 e. The number of hydrogen-bond acceptors (Lipinski definition) is 2. The number of unbranched alkanes of at least 4 members (excludes halogenated alkanes) is 1. The summed E-state index contributed by atoms with van der Waals surface area (Å²) in [5, 5.41) is 0. The second-order valence-electron chi connectivity index (χ2n) is 2.74. The van der Waals surface area contributed by atoms with Crippen molar-refractivity contribution in [2.24, 2.45) is 0 Å². The van der Waals surface area contributed by atoms with Crippen LogP contribution in [0.15, 0.2) is 24.4 Å². The third kappa shape index (κ3) is 2.46. The van der Waals surface area contributed by atoms with Gasteiger partial charge in [-0.15, -0.1) is 0 Å². The second kappa shape index (κ2) is 4.65. The van der Waals surface area contributed by atoms with Gasteiger partial charge < -0.3 is 0 Å². The second-order valence-corrected chi connectivity index (χ2v) is 2.74. The van der Waals surface area contributed by atoms with Gasteiger partial charge in [-0.2, -0.15) is 0 Å². The lowest BCUT2D eigenvalue weighted by Crippen LogP contribution is -2.00. The standard InChI is InChI=1S/C10H13NO/c1-2-3-7-10(12)9-6-4-5-8-11-9/h4-6,8H,2-3,7H2,1H3. The van der Waals surface area contributed by atoms with Crippen LogP contribution < -0.4 is 0 Å². The summed E-state index contributed by atoms with van der Waals surface area (Å²) >= 11 is 0. The average Bonchev–Trinajstić information content (AvgIpc) is 2.15. The van der Waals surface area contributed by atoms with E-state index in [2.05, 4.69) is 11.9 Å². The highest BCUT2D eigenvalue weighted by atomic mass is 16.1. The van der Waals surface area contributed by atoms with Gasteiger partial charge in [0.25, 0.3) is 0 Å². The number of aromatic nitrogens is 1. The van der Waals surface area contributed by atoms with Crippen molar-refractivity contribution >= 4 is 5.78 Å². The fraction of sp³-hybridized carbons (Fsp3) is 0.400. The lowest BCUT2D eigenvalue weighted by molar-refractivity contribution is 0.0975. The van der Waals surface area contributed by atoms with Crippen LogP contribution in [0.25, 0.3) is 0 Å². The number of Topliss-reactive ketones (excluding diaryl/α,β-unsaturated/α-hetero) is 1. The summed E-state index contributed by atoms with van der Waals surface area (Å²) in [6.45, 7) is 2.08. The first kappa shape index (κ1) is 8.91. The van der Waals surface area contributed by atoms with Gasteiger partial charge in [0.2, 0.25) is 0 Å². The Morgan fingerprint density at radius 1 is 1.50 bits per heavy atom. The molecule has 0 aliphatic rings. The zero-order chi connectivity index (χ0) is 8.81. The first-order valence-corrected chi connectivity index (χ1v) is 4.29. The summed E-state index contributed by atoms with van der Waals surface area (Å²) in [4.78, 5) is 15.3. The van der Waals surface area contributed by atoms with E-state index in [1.54, 1.807) is 12.3 Å². The lowest BCUT2D eigenvalue weighted by atomic mass is 10.1. The van der Waals surface area contributed by atoms with Gasteiger partial charge in [-0.05, 0) is 18.6 Å². The SMILES string of the molecule is CCCCC(=O)c1ccccn1. The van der Waals surface area contributed by atoms with E-state index in [0.717, 1.165) is 12.8 Å². The molecule has 1 heterocycles. The number of nitrogens with zero attached hydrogens (tertiary/aromatic N) is 1. The van der Waals surface area contributed by atoms with Crippen molar-refractivity contribution in [1.29, 1.82) is 0 Å². The number of carbonyl (C=O) groups is 1. The van der Waals surface area contributed by atoms with Crippen LogP contribution in [-0.4, -0.2) is 10.8 Å². The minimum Gasteiger partial charge on any atom is -0.292 e. The zero-order valence-electron chi connectivity index (χ0n) is 7.29. The van der Waals surface area contributed by atoms with E-state index in [0.29, 0.717) is 12.1 Å². The molecule has 0 aromatic carbocycles. The Morgan fingerprint density at radius 3 is 2.92 bits per heavy atom. The van der Waals surface area contributed by atoms with Crippen LogP contribution in [0.4, 0.5) is 0 Å². The fourth-order valence-electron chi connectivity index (χ4n) is 0.993. The minimum atomic E-state index is 0.150. The summed E-state index contributed by atoms with van der Waals surface area (Å²) in [5.41, 5.74) is 0.589. The van der Waals surface area contributed by atoms with Crippen molar-refractivity contribution in [3.63, 3.8) is 0 Å². The van der Waals surface area contributed by atoms with Gasteiger partial charge in [-0.25, -0.2) is 0 Å². The van der Waals surface area contributed by atoms with Gasteiger partial charge in [-0.3, -0.25) is 9.78 Å². The third-order valence-corrected chi connectivity index (χ3v) is 1.71. The van der Waals surface area contributed by atoms with Crippen LogP contribution in [0.5, 0.6) is 0 Å². The molecule has 0 aliphatic heterocycles. The smallest absolute Gasteiger partial charge is 0.181 e. The van der Waals surface area contributed by atoms with Gasteiger partial charge in [0.05, 0.1) is 0 Å². The molecule has 2 heteroatoms. The summed E-state index contributed by atoms with van der Waals surface area (Å²) in [5.74, 6) is 0.150. The molecule has 0 radical (unpaired) electrons. The molecule has 1 rings (SSSR count). The molecule has 0 unspecified atom stereocenters. The molecule has 64 valence electrons. The average molecular weight is 163 g/mol. The Morgan fingerprint density at radius 2 is 2.33 bits per heavy atom. The van der Waals surface area contributed by atoms with Crippen molar-refractivity contribution < 1.29 is 4.79 Å². The molecular formula is C10H13NO. The Labute approximate surface area is 72.6 Å². The normalized spacial score (nSPS) is 9.75. The van der Waals surface area contributed by atoms with E-state index in [4.69, 9.17) is 0 Å². The molecule has 1 aromatic rings. The van der Waals surface area contributed by atoms with E-state index in [1.807, 2.05) is 12.1 Å². The van der Waals surface area contributed by atoms with Crippen LogP contribution in [-0.2, 0) is 0 Å². The first-order chi connectivity index (χ1) is 5.84. The molecule has 0 amide bonds. The fourth-order valence-corrected chi connectivity index (χ4v) is 0.993. The molecule has 0 bridgehead atoms. The Hall–Kier alpha value is -1.18. The van der Waals surface area contributed by atoms with Crippen LogP contribution in [0.1, 0.15) is 36.7 Å². The summed E-state index contributed by atoms with van der Waals surface area (Å²) < 4.78 is 0. The maximum absolute atomic E-state index is 11.3. The Balaban J connectivity index is 2.54. The van der Waals surface area contributed by atoms with Gasteiger partial charge in [0.1, 0.15) is 5.69 Å². The van der Waals surface area contributed by atoms with E-state index in [-0.39, 0.29) is 5.78 Å². The number of pyridine rings is 1. The van der Waals surface area contributed by atoms with Gasteiger partial charge in [0, 0.05) is 12.6 Å². The minimum absolute atomic E-state index is 0.150. The monoisotopic (exact) mass is 163 g/mol. The molecule has 0 spiro atoms. The topological polar surface area (TPSA) is 30.0 Å². The van der Waals surface area contributed by atoms with Crippen molar-refractivity contribution in [3.8, 4) is 0 Å². The van der Waals surface area contributed by atoms with Crippen molar-refractivity contribution in [3.05, 3.63) is 30.1 Å². The highest BCUT2D eigenvalue weighted by molar-refractivity contribution is 5.94. The van der Waals surface area contributed by atoms with Crippen molar-refractivity contribution in [2.75, 3.05) is 0 Å². The van der Waals surface area contributed by atoms with Gasteiger partial charge in [-0.1, -0.05) is 19.4 Å². The molecular weight excluding hydrogens is 150 g/mol. The highest BCUT2D eigenvalue weighted by Gasteiger charge is 2.04. The van der Waals surface area contributed by atoms with Crippen LogP contribution in [0.3, 0.4) is 0 Å². The summed E-state index contributed by atoms with van der Waals surface area (Å²) in [6, 6.07) is 5.42. The Bertz CT molecular complexity index is 243. The molecule has 0 saturated carbocycles. The van der Waals surface area contributed by atoms with E-state index in [9.17, 15) is 4.79 Å². The first-order valence-electron chi connectivity index (χ1n) is 4.29. The molecule has 0 saturated heterocycles. The number of carbonyl (C=O) groups excluding carboxylic acids is 1. The number of rotatable bonds is 4. The zero-order valence-corrected chi connectivity index (χ0v) is 7.29. The quantitative estimate of drug-likeness (QED) is 0.638. The molecule has 0 aliphatic carbocycles. The van der Waals surface area contributed by atoms with Crippen molar-refractivity contribution in [1.82, 2.24) is 4.98 Å². The molecule has 1 aromatic heterocycles. The van der Waals surface area contributed by atoms with E-state index in [1.165, 1.54) is 0 Å². The highest BCUT2D eigenvalue weighted by Crippen LogP contribution is 2.02. The maximum Gasteiger partial charge on any atom is 0.181 e. The molecule has 2 nitrogen and oxygen atoms in total. The van der Waals surface area contributed by atoms with Crippen LogP contribution in [0.2, 0.25) is 0 Å². The summed E-state index contributed by atoms with van der Waals surface area (Å²) in [7, 11) is 0. The Kier molecular flexibility index (Phi) is 3.45. The molecule has 0 atom stereocenters. The van der Waals surface area contributed by atoms with Crippen molar-refractivity contribution in [2.45, 2.75) is 26.2 Å². The summed E-state index contributed by atoms with van der Waals surface area (Å²) in [6.07, 6.45) is 4.28.